The topological polar surface area (TPSA) is 79.8 Å². The molecule has 1 aliphatic heterocycles. The smallest absolute Gasteiger partial charge is 0.233 e. The summed E-state index contributed by atoms with van der Waals surface area (Å²) in [6, 6.07) is 9.92. The number of ether oxygens (including phenoxy) is 1. The molecule has 1 aromatic carbocycles. The monoisotopic (exact) mass is 339 g/mol. The zero-order valence-electron chi connectivity index (χ0n) is 14.1. The maximum absolute atomic E-state index is 11.8. The zero-order valence-corrected chi connectivity index (χ0v) is 14.1. The fraction of sp³-hybridized carbons (Fsp3) is 0.316. The number of carbonyl (C=O) groups is 2. The summed E-state index contributed by atoms with van der Waals surface area (Å²) in [5, 5.41) is 5.95. The highest BCUT2D eigenvalue weighted by atomic mass is 16.5. The Balaban J connectivity index is 1.36. The quantitative estimate of drug-likeness (QED) is 0.738. The minimum Gasteiger partial charge on any atom is -0.466 e. The largest absolute Gasteiger partial charge is 0.466 e. The molecule has 0 aromatic heterocycles. The van der Waals surface area contributed by atoms with E-state index in [1.807, 2.05) is 37.3 Å². The van der Waals surface area contributed by atoms with Gasteiger partial charge in [-0.15, -0.1) is 0 Å². The average molecular weight is 339 g/mol. The number of amides is 1. The predicted octanol–water partition coefficient (Wildman–Crippen LogP) is 1.49. The lowest BCUT2D eigenvalue weighted by molar-refractivity contribution is -0.120. The van der Waals surface area contributed by atoms with Crippen LogP contribution in [0.2, 0.25) is 0 Å². The predicted molar refractivity (Wildman–Crippen MR) is 94.9 cm³/mol. The summed E-state index contributed by atoms with van der Waals surface area (Å²) >= 11 is 0. The average Bonchev–Trinajstić information content (AvgIpc) is 2.99. The van der Waals surface area contributed by atoms with Gasteiger partial charge in [0.25, 0.3) is 0 Å². The molecule has 6 nitrogen and oxygen atoms in total. The highest BCUT2D eigenvalue weighted by Gasteiger charge is 2.28. The number of fused-ring (bicyclic) bond motifs is 1. The molecule has 6 heteroatoms. The summed E-state index contributed by atoms with van der Waals surface area (Å²) in [6.07, 6.45) is 3.21. The van der Waals surface area contributed by atoms with Crippen LogP contribution in [0.15, 0.2) is 58.8 Å². The van der Waals surface area contributed by atoms with Gasteiger partial charge < -0.3 is 15.4 Å². The molecular formula is C19H21N3O3. The summed E-state index contributed by atoms with van der Waals surface area (Å²) in [5.74, 6) is 0.389. The summed E-state index contributed by atoms with van der Waals surface area (Å²) in [7, 11) is 0. The Labute approximate surface area is 146 Å². The fourth-order valence-electron chi connectivity index (χ4n) is 2.72. The van der Waals surface area contributed by atoms with Crippen molar-refractivity contribution in [3.63, 3.8) is 0 Å². The van der Waals surface area contributed by atoms with Gasteiger partial charge in [-0.25, -0.2) is 4.99 Å². The van der Waals surface area contributed by atoms with Crippen molar-refractivity contribution >= 4 is 17.4 Å². The van der Waals surface area contributed by atoms with E-state index < -0.39 is 0 Å². The van der Waals surface area contributed by atoms with Crippen LogP contribution in [-0.2, 0) is 20.9 Å². The fourth-order valence-corrected chi connectivity index (χ4v) is 2.72. The molecule has 1 unspecified atom stereocenters. The van der Waals surface area contributed by atoms with Crippen molar-refractivity contribution in [2.75, 3.05) is 13.1 Å². The molecule has 1 aromatic rings. The van der Waals surface area contributed by atoms with Crippen LogP contribution >= 0.6 is 0 Å². The normalized spacial score (nSPS) is 18.7. The number of carbonyl (C=O) groups excluding carboxylic acids is 2. The lowest BCUT2D eigenvalue weighted by Gasteiger charge is -2.11. The van der Waals surface area contributed by atoms with Crippen molar-refractivity contribution in [2.24, 2.45) is 4.99 Å². The first-order valence-corrected chi connectivity index (χ1v) is 8.32. The molecule has 0 bridgehead atoms. The third-order valence-electron chi connectivity index (χ3n) is 3.95. The summed E-state index contributed by atoms with van der Waals surface area (Å²) in [4.78, 5) is 27.8. The number of nitrogens with zero attached hydrogens (tertiary/aromatic N) is 1. The van der Waals surface area contributed by atoms with E-state index in [9.17, 15) is 9.59 Å². The Kier molecular flexibility index (Phi) is 5.40. The second kappa shape index (κ2) is 7.90. The molecule has 3 rings (SSSR count). The van der Waals surface area contributed by atoms with Gasteiger partial charge in [0, 0.05) is 25.6 Å². The van der Waals surface area contributed by atoms with E-state index in [2.05, 4.69) is 15.6 Å². The molecule has 1 heterocycles. The molecule has 1 atom stereocenters. The third-order valence-corrected chi connectivity index (χ3v) is 3.95. The van der Waals surface area contributed by atoms with Gasteiger partial charge >= 0.3 is 0 Å². The Bertz CT molecular complexity index is 750. The van der Waals surface area contributed by atoms with E-state index in [0.29, 0.717) is 25.3 Å². The number of ketones is 1. The Morgan fingerprint density at radius 1 is 1.24 bits per heavy atom. The van der Waals surface area contributed by atoms with E-state index in [4.69, 9.17) is 4.74 Å². The van der Waals surface area contributed by atoms with Gasteiger partial charge in [0.2, 0.25) is 5.91 Å². The first-order chi connectivity index (χ1) is 12.1. The lowest BCUT2D eigenvalue weighted by Crippen LogP contribution is -2.35. The first kappa shape index (κ1) is 17.1. The van der Waals surface area contributed by atoms with Gasteiger partial charge in [0.1, 0.15) is 5.71 Å². The number of hydrogen-bond donors (Lipinski definition) is 2. The van der Waals surface area contributed by atoms with Gasteiger partial charge in [-0.2, -0.15) is 0 Å². The molecule has 0 fully saturated rings. The molecule has 25 heavy (non-hydrogen) atoms. The van der Waals surface area contributed by atoms with Crippen LogP contribution < -0.4 is 10.6 Å². The third kappa shape index (κ3) is 4.64. The number of aliphatic imine (C=N–C) groups is 1. The van der Waals surface area contributed by atoms with Gasteiger partial charge in [-0.1, -0.05) is 30.3 Å². The second-order valence-electron chi connectivity index (χ2n) is 6.02. The van der Waals surface area contributed by atoms with Crippen LogP contribution in [0, 0.1) is 0 Å². The summed E-state index contributed by atoms with van der Waals surface area (Å²) in [5.41, 5.74) is 2.69. The molecule has 1 amide bonds. The number of rotatable bonds is 7. The number of hydrogen-bond acceptors (Lipinski definition) is 5. The van der Waals surface area contributed by atoms with Gasteiger partial charge in [0.05, 0.1) is 6.54 Å². The molecule has 0 saturated heterocycles. The molecule has 130 valence electrons. The van der Waals surface area contributed by atoms with E-state index in [1.54, 1.807) is 6.08 Å². The standard InChI is InChI=1S/C19H21N3O3/c1-13-9-15(23)10-16-19(13)22-18(25-16)7-8-21-17(24)12-20-11-14-5-3-2-4-6-14/h2-6,9-10,18,20H,7-8,11-12H2,1H3,(H,21,24). The van der Waals surface area contributed by atoms with Crippen molar-refractivity contribution < 1.29 is 14.3 Å². The summed E-state index contributed by atoms with van der Waals surface area (Å²) in [6.45, 7) is 3.23. The van der Waals surface area contributed by atoms with E-state index in [0.717, 1.165) is 16.8 Å². The Morgan fingerprint density at radius 3 is 2.84 bits per heavy atom. The van der Waals surface area contributed by atoms with E-state index >= 15 is 0 Å². The van der Waals surface area contributed by atoms with Gasteiger partial charge in [-0.05, 0) is 24.1 Å². The van der Waals surface area contributed by atoms with Crippen molar-refractivity contribution in [2.45, 2.75) is 26.1 Å². The first-order valence-electron chi connectivity index (χ1n) is 8.32. The zero-order chi connectivity index (χ0) is 17.6. The number of allylic oxidation sites excluding steroid dienone is 3. The number of nitrogens with one attached hydrogen (secondary N) is 2. The van der Waals surface area contributed by atoms with Crippen LogP contribution in [0.4, 0.5) is 0 Å². The maximum Gasteiger partial charge on any atom is 0.233 e. The highest BCUT2D eigenvalue weighted by molar-refractivity contribution is 6.22. The van der Waals surface area contributed by atoms with Gasteiger partial charge in [0.15, 0.2) is 17.8 Å². The SMILES string of the molecule is CC1=CC(=O)C=C2OC(CCNC(=O)CNCc3ccccc3)N=C12. The molecule has 0 radical (unpaired) electrons. The molecule has 2 aliphatic rings. The van der Waals surface area contributed by atoms with E-state index in [1.165, 1.54) is 6.08 Å². The molecule has 0 spiro atoms. The number of benzene rings is 1. The van der Waals surface area contributed by atoms with Crippen LogP contribution in [0.1, 0.15) is 18.9 Å². The van der Waals surface area contributed by atoms with Crippen molar-refractivity contribution in [3.05, 3.63) is 59.4 Å². The van der Waals surface area contributed by atoms with Crippen LogP contribution in [-0.4, -0.2) is 36.7 Å². The second-order valence-corrected chi connectivity index (χ2v) is 6.02. The lowest BCUT2D eigenvalue weighted by atomic mass is 10.0. The van der Waals surface area contributed by atoms with Gasteiger partial charge in [-0.3, -0.25) is 9.59 Å². The molecule has 0 saturated carbocycles. The van der Waals surface area contributed by atoms with Crippen molar-refractivity contribution in [1.29, 1.82) is 0 Å². The van der Waals surface area contributed by atoms with Crippen molar-refractivity contribution in [1.82, 2.24) is 10.6 Å². The van der Waals surface area contributed by atoms with Crippen LogP contribution in [0.3, 0.4) is 0 Å². The van der Waals surface area contributed by atoms with Crippen molar-refractivity contribution in [3.8, 4) is 0 Å². The molecule has 1 aliphatic carbocycles. The Hall–Kier alpha value is -2.73. The minimum atomic E-state index is -0.354. The highest BCUT2D eigenvalue weighted by Crippen LogP contribution is 2.25. The Morgan fingerprint density at radius 2 is 2.04 bits per heavy atom. The molecule has 2 N–H and O–H groups in total. The maximum atomic E-state index is 11.8. The van der Waals surface area contributed by atoms with Crippen LogP contribution in [0.25, 0.3) is 0 Å². The van der Waals surface area contributed by atoms with Crippen LogP contribution in [0.5, 0.6) is 0 Å². The van der Waals surface area contributed by atoms with E-state index in [-0.39, 0.29) is 24.5 Å². The summed E-state index contributed by atoms with van der Waals surface area (Å²) < 4.78 is 5.66. The molecular weight excluding hydrogens is 318 g/mol. The minimum absolute atomic E-state index is 0.0653.